The Hall–Kier alpha value is -2.81. The van der Waals surface area contributed by atoms with Gasteiger partial charge in [0.2, 0.25) is 5.91 Å². The molecule has 1 fully saturated rings. The number of amides is 1. The number of thiazole rings is 1. The zero-order chi connectivity index (χ0) is 18.1. The van der Waals surface area contributed by atoms with Gasteiger partial charge in [-0.3, -0.25) is 9.59 Å². The molecule has 134 valence electrons. The second kappa shape index (κ2) is 6.83. The van der Waals surface area contributed by atoms with Gasteiger partial charge < -0.3 is 15.2 Å². The highest BCUT2D eigenvalue weighted by atomic mass is 32.1. The van der Waals surface area contributed by atoms with Crippen LogP contribution in [0, 0.1) is 11.7 Å². The van der Waals surface area contributed by atoms with Gasteiger partial charge >= 0.3 is 0 Å². The summed E-state index contributed by atoms with van der Waals surface area (Å²) in [6, 6.07) is 5.88. The van der Waals surface area contributed by atoms with Gasteiger partial charge in [0.15, 0.2) is 10.8 Å². The molecule has 0 saturated carbocycles. The summed E-state index contributed by atoms with van der Waals surface area (Å²) in [7, 11) is 0. The standard InChI is InChI=1S/C17H16FN5O2S/c18-11-2-1-3-12(8-11)21-15(24)10-4-6-23(7-5-10)17-22-14-13(26-17)16(25)20-9-19-14/h1-3,8-10H,4-7H2,(H,21,24)(H,19,20,25). The molecule has 26 heavy (non-hydrogen) atoms. The first-order chi connectivity index (χ1) is 12.6. The number of benzene rings is 1. The lowest BCUT2D eigenvalue weighted by atomic mass is 9.96. The van der Waals surface area contributed by atoms with E-state index in [1.54, 1.807) is 12.1 Å². The van der Waals surface area contributed by atoms with E-state index < -0.39 is 0 Å². The van der Waals surface area contributed by atoms with Gasteiger partial charge in [-0.1, -0.05) is 17.4 Å². The summed E-state index contributed by atoms with van der Waals surface area (Å²) < 4.78 is 13.7. The molecule has 1 aromatic carbocycles. The van der Waals surface area contributed by atoms with Crippen molar-refractivity contribution >= 4 is 38.4 Å². The molecule has 0 bridgehead atoms. The molecule has 1 saturated heterocycles. The quantitative estimate of drug-likeness (QED) is 0.736. The van der Waals surface area contributed by atoms with Crippen molar-refractivity contribution in [1.82, 2.24) is 15.0 Å². The maximum Gasteiger partial charge on any atom is 0.270 e. The fourth-order valence-corrected chi connectivity index (χ4v) is 4.00. The lowest BCUT2D eigenvalue weighted by Gasteiger charge is -2.30. The molecule has 4 rings (SSSR count). The van der Waals surface area contributed by atoms with Gasteiger partial charge in [-0.25, -0.2) is 9.37 Å². The van der Waals surface area contributed by atoms with Crippen molar-refractivity contribution in [3.05, 3.63) is 46.8 Å². The Kier molecular flexibility index (Phi) is 4.37. The van der Waals surface area contributed by atoms with Crippen molar-refractivity contribution < 1.29 is 9.18 Å². The third-order valence-electron chi connectivity index (χ3n) is 4.42. The summed E-state index contributed by atoms with van der Waals surface area (Å²) in [6.07, 6.45) is 2.68. The lowest BCUT2D eigenvalue weighted by Crippen LogP contribution is -2.38. The third kappa shape index (κ3) is 3.30. The van der Waals surface area contributed by atoms with Crippen LogP contribution in [0.2, 0.25) is 0 Å². The molecule has 2 N–H and O–H groups in total. The maximum atomic E-state index is 13.2. The predicted octanol–water partition coefficient (Wildman–Crippen LogP) is 2.37. The van der Waals surface area contributed by atoms with Crippen LogP contribution in [-0.2, 0) is 4.79 Å². The number of hydrogen-bond donors (Lipinski definition) is 2. The van der Waals surface area contributed by atoms with E-state index in [1.165, 1.54) is 29.8 Å². The number of aromatic nitrogens is 3. The molecular formula is C17H16FN5O2S. The van der Waals surface area contributed by atoms with Crippen LogP contribution in [0.5, 0.6) is 0 Å². The molecule has 9 heteroatoms. The van der Waals surface area contributed by atoms with Gasteiger partial charge in [0, 0.05) is 24.7 Å². The van der Waals surface area contributed by atoms with E-state index in [-0.39, 0.29) is 23.2 Å². The first-order valence-corrected chi connectivity index (χ1v) is 9.07. The number of piperidine rings is 1. The minimum absolute atomic E-state index is 0.0994. The van der Waals surface area contributed by atoms with Crippen molar-refractivity contribution in [2.45, 2.75) is 12.8 Å². The van der Waals surface area contributed by atoms with Crippen LogP contribution in [0.1, 0.15) is 12.8 Å². The van der Waals surface area contributed by atoms with Gasteiger partial charge in [0.05, 0.1) is 6.33 Å². The Morgan fingerprint density at radius 1 is 1.35 bits per heavy atom. The SMILES string of the molecule is O=C(Nc1cccc(F)c1)C1CCN(c2nc3nc[nH]c(=O)c3s2)CC1. The van der Waals surface area contributed by atoms with E-state index in [0.717, 1.165) is 5.13 Å². The summed E-state index contributed by atoms with van der Waals surface area (Å²) in [5, 5.41) is 3.51. The summed E-state index contributed by atoms with van der Waals surface area (Å²) >= 11 is 1.31. The predicted molar refractivity (Wildman–Crippen MR) is 98.0 cm³/mol. The molecule has 3 heterocycles. The summed E-state index contributed by atoms with van der Waals surface area (Å²) in [5.74, 6) is -0.611. The van der Waals surface area contributed by atoms with E-state index in [4.69, 9.17) is 0 Å². The highest BCUT2D eigenvalue weighted by molar-refractivity contribution is 7.22. The van der Waals surface area contributed by atoms with Crippen LogP contribution < -0.4 is 15.8 Å². The minimum atomic E-state index is -0.378. The van der Waals surface area contributed by atoms with Gasteiger partial charge in [-0.05, 0) is 31.0 Å². The summed E-state index contributed by atoms with van der Waals surface area (Å²) in [4.78, 5) is 37.3. The number of aromatic amines is 1. The van der Waals surface area contributed by atoms with Crippen LogP contribution >= 0.6 is 11.3 Å². The molecule has 1 amide bonds. The Morgan fingerprint density at radius 3 is 2.88 bits per heavy atom. The number of carbonyl (C=O) groups excluding carboxylic acids is 1. The molecule has 1 aliphatic heterocycles. The third-order valence-corrected chi connectivity index (χ3v) is 5.52. The first-order valence-electron chi connectivity index (χ1n) is 8.26. The second-order valence-corrected chi connectivity index (χ2v) is 7.12. The maximum absolute atomic E-state index is 13.2. The molecule has 0 aliphatic carbocycles. The number of halogens is 1. The van der Waals surface area contributed by atoms with E-state index >= 15 is 0 Å². The second-order valence-electron chi connectivity index (χ2n) is 6.14. The van der Waals surface area contributed by atoms with Crippen molar-refractivity contribution in [2.24, 2.45) is 5.92 Å². The van der Waals surface area contributed by atoms with Gasteiger partial charge in [0.1, 0.15) is 10.5 Å². The molecule has 0 radical (unpaired) electrons. The van der Waals surface area contributed by atoms with Crippen LogP contribution in [0.3, 0.4) is 0 Å². The fourth-order valence-electron chi connectivity index (χ4n) is 3.03. The van der Waals surface area contributed by atoms with Gasteiger partial charge in [0.25, 0.3) is 5.56 Å². The Bertz CT molecular complexity index is 1010. The van der Waals surface area contributed by atoms with Crippen molar-refractivity contribution in [1.29, 1.82) is 0 Å². The highest BCUT2D eigenvalue weighted by Gasteiger charge is 2.27. The number of fused-ring (bicyclic) bond motifs is 1. The Labute approximate surface area is 151 Å². The zero-order valence-corrected chi connectivity index (χ0v) is 14.6. The number of nitrogens with one attached hydrogen (secondary N) is 2. The molecule has 2 aromatic heterocycles. The molecule has 0 unspecified atom stereocenters. The fraction of sp³-hybridized carbons (Fsp3) is 0.294. The normalized spacial score (nSPS) is 15.3. The molecule has 1 aliphatic rings. The highest BCUT2D eigenvalue weighted by Crippen LogP contribution is 2.29. The Morgan fingerprint density at radius 2 is 2.15 bits per heavy atom. The average molecular weight is 373 g/mol. The van der Waals surface area contributed by atoms with Crippen molar-refractivity contribution in [2.75, 3.05) is 23.3 Å². The topological polar surface area (TPSA) is 91.0 Å². The van der Waals surface area contributed by atoms with Crippen molar-refractivity contribution in [3.8, 4) is 0 Å². The van der Waals surface area contributed by atoms with Crippen LogP contribution in [0.4, 0.5) is 15.2 Å². The number of hydrogen-bond acceptors (Lipinski definition) is 6. The largest absolute Gasteiger partial charge is 0.348 e. The van der Waals surface area contributed by atoms with E-state index in [2.05, 4.69) is 25.2 Å². The molecule has 0 atom stereocenters. The van der Waals surface area contributed by atoms with E-state index in [9.17, 15) is 14.0 Å². The summed E-state index contributed by atoms with van der Waals surface area (Å²) in [6.45, 7) is 1.33. The minimum Gasteiger partial charge on any atom is -0.348 e. The number of rotatable bonds is 3. The smallest absolute Gasteiger partial charge is 0.270 e. The van der Waals surface area contributed by atoms with E-state index in [1.807, 2.05) is 0 Å². The zero-order valence-electron chi connectivity index (χ0n) is 13.7. The Balaban J connectivity index is 1.41. The van der Waals surface area contributed by atoms with Crippen LogP contribution in [-0.4, -0.2) is 33.9 Å². The van der Waals surface area contributed by atoms with Crippen LogP contribution in [0.15, 0.2) is 35.4 Å². The summed E-state index contributed by atoms with van der Waals surface area (Å²) in [5.41, 5.74) is 0.719. The van der Waals surface area contributed by atoms with Gasteiger partial charge in [-0.15, -0.1) is 0 Å². The van der Waals surface area contributed by atoms with E-state index in [0.29, 0.717) is 42.0 Å². The molecule has 7 nitrogen and oxygen atoms in total. The van der Waals surface area contributed by atoms with Crippen molar-refractivity contribution in [3.63, 3.8) is 0 Å². The molecule has 3 aromatic rings. The first kappa shape index (κ1) is 16.6. The lowest BCUT2D eigenvalue weighted by molar-refractivity contribution is -0.120. The molecule has 0 spiro atoms. The number of H-pyrrole nitrogens is 1. The van der Waals surface area contributed by atoms with Gasteiger partial charge in [-0.2, -0.15) is 4.98 Å². The average Bonchev–Trinajstić information content (AvgIpc) is 3.08. The number of anilines is 2. The monoisotopic (exact) mass is 373 g/mol. The number of carbonyl (C=O) groups is 1. The number of nitrogens with zero attached hydrogens (tertiary/aromatic N) is 3. The van der Waals surface area contributed by atoms with Crippen LogP contribution in [0.25, 0.3) is 10.3 Å². The molecular weight excluding hydrogens is 357 g/mol.